The molecule has 2 rings (SSSR count). The lowest BCUT2D eigenvalue weighted by molar-refractivity contribution is -0.116. The average molecular weight is 247 g/mol. The normalized spacial score (nSPS) is 10.4. The minimum Gasteiger partial charge on any atom is -0.300 e. The third kappa shape index (κ3) is 3.42. The second-order valence-electron chi connectivity index (χ2n) is 3.63. The van der Waals surface area contributed by atoms with E-state index in [1.807, 2.05) is 30.3 Å². The van der Waals surface area contributed by atoms with Crippen molar-refractivity contribution in [2.24, 2.45) is 0 Å². The zero-order valence-electron chi connectivity index (χ0n) is 9.51. The number of rotatable bonds is 5. The Kier molecular flexibility index (Phi) is 3.93. The van der Waals surface area contributed by atoms with Gasteiger partial charge in [0.1, 0.15) is 5.78 Å². The van der Waals surface area contributed by atoms with Crippen LogP contribution in [-0.4, -0.2) is 26.7 Å². The highest BCUT2D eigenvalue weighted by atomic mass is 32.2. The Hall–Kier alpha value is -1.62. The van der Waals surface area contributed by atoms with E-state index in [1.54, 1.807) is 6.92 Å². The van der Waals surface area contributed by atoms with Crippen LogP contribution in [0.1, 0.15) is 13.3 Å². The van der Waals surface area contributed by atoms with Crippen LogP contribution in [0.15, 0.2) is 35.5 Å². The van der Waals surface area contributed by atoms with E-state index in [2.05, 4.69) is 15.2 Å². The first-order chi connectivity index (χ1) is 8.25. The molecule has 1 aromatic carbocycles. The van der Waals surface area contributed by atoms with E-state index in [4.69, 9.17) is 0 Å². The Balaban J connectivity index is 1.99. The summed E-state index contributed by atoms with van der Waals surface area (Å²) in [5, 5.41) is 7.68. The number of thioether (sulfide) groups is 1. The third-order valence-electron chi connectivity index (χ3n) is 2.20. The maximum absolute atomic E-state index is 10.8. The molecule has 0 spiro atoms. The van der Waals surface area contributed by atoms with Gasteiger partial charge in [0.25, 0.3) is 0 Å². The molecular weight excluding hydrogens is 234 g/mol. The van der Waals surface area contributed by atoms with E-state index >= 15 is 0 Å². The minimum absolute atomic E-state index is 0.191. The van der Waals surface area contributed by atoms with Crippen LogP contribution in [-0.2, 0) is 4.79 Å². The van der Waals surface area contributed by atoms with Crippen LogP contribution in [0, 0.1) is 0 Å². The highest BCUT2D eigenvalue weighted by Crippen LogP contribution is 2.19. The smallest absolute Gasteiger partial charge is 0.208 e. The van der Waals surface area contributed by atoms with Gasteiger partial charge in [-0.25, -0.2) is 4.98 Å². The van der Waals surface area contributed by atoms with Gasteiger partial charge < -0.3 is 0 Å². The molecule has 0 aliphatic carbocycles. The lowest BCUT2D eigenvalue weighted by atomic mass is 10.2. The zero-order valence-corrected chi connectivity index (χ0v) is 10.3. The molecule has 1 N–H and O–H groups in total. The van der Waals surface area contributed by atoms with Crippen LogP contribution in [0.5, 0.6) is 0 Å². The Morgan fingerprint density at radius 3 is 2.82 bits per heavy atom. The van der Waals surface area contributed by atoms with Crippen molar-refractivity contribution in [3.05, 3.63) is 30.3 Å². The summed E-state index contributed by atoms with van der Waals surface area (Å²) < 4.78 is 0. The zero-order chi connectivity index (χ0) is 12.1. The number of ketones is 1. The Morgan fingerprint density at radius 2 is 2.12 bits per heavy atom. The number of carbonyl (C=O) groups excluding carboxylic acids is 1. The molecule has 5 heteroatoms. The van der Waals surface area contributed by atoms with Crippen LogP contribution < -0.4 is 0 Å². The molecule has 4 nitrogen and oxygen atoms in total. The van der Waals surface area contributed by atoms with Gasteiger partial charge in [0.05, 0.1) is 0 Å². The molecule has 0 bridgehead atoms. The average Bonchev–Trinajstić information content (AvgIpc) is 2.78. The molecule has 0 saturated heterocycles. The topological polar surface area (TPSA) is 58.6 Å². The maximum Gasteiger partial charge on any atom is 0.208 e. The Labute approximate surface area is 104 Å². The number of hydrogen-bond donors (Lipinski definition) is 1. The van der Waals surface area contributed by atoms with Crippen LogP contribution in [0.3, 0.4) is 0 Å². The molecule has 1 aromatic heterocycles. The highest BCUT2D eigenvalue weighted by molar-refractivity contribution is 7.99. The molecular formula is C12H13N3OS. The predicted octanol–water partition coefficient (Wildman–Crippen LogP) is 2.54. The highest BCUT2D eigenvalue weighted by Gasteiger charge is 2.05. The lowest BCUT2D eigenvalue weighted by Gasteiger charge is -1.93. The quantitative estimate of drug-likeness (QED) is 0.825. The van der Waals surface area contributed by atoms with Crippen molar-refractivity contribution in [2.45, 2.75) is 18.5 Å². The van der Waals surface area contributed by atoms with E-state index in [-0.39, 0.29) is 5.78 Å². The van der Waals surface area contributed by atoms with Gasteiger partial charge in [-0.1, -0.05) is 42.1 Å². The van der Waals surface area contributed by atoms with Crippen molar-refractivity contribution < 1.29 is 4.79 Å². The first kappa shape index (κ1) is 11.9. The van der Waals surface area contributed by atoms with Crippen LogP contribution in [0.4, 0.5) is 0 Å². The van der Waals surface area contributed by atoms with Crippen LogP contribution in [0.2, 0.25) is 0 Å². The summed E-state index contributed by atoms with van der Waals surface area (Å²) in [7, 11) is 0. The fourth-order valence-electron chi connectivity index (χ4n) is 1.32. The predicted molar refractivity (Wildman–Crippen MR) is 67.8 cm³/mol. The number of aromatic nitrogens is 3. The molecule has 0 fully saturated rings. The van der Waals surface area contributed by atoms with Crippen molar-refractivity contribution in [1.82, 2.24) is 15.2 Å². The van der Waals surface area contributed by atoms with Gasteiger partial charge in [0.2, 0.25) is 5.16 Å². The summed E-state index contributed by atoms with van der Waals surface area (Å²) in [6, 6.07) is 9.83. The molecule has 88 valence electrons. The maximum atomic E-state index is 10.8. The summed E-state index contributed by atoms with van der Waals surface area (Å²) in [6.07, 6.45) is 0.555. The van der Waals surface area contributed by atoms with Crippen molar-refractivity contribution in [1.29, 1.82) is 0 Å². The number of nitrogens with one attached hydrogen (secondary N) is 1. The van der Waals surface area contributed by atoms with Crippen molar-refractivity contribution in [3.8, 4) is 11.4 Å². The first-order valence-corrected chi connectivity index (χ1v) is 6.34. The van der Waals surface area contributed by atoms with Gasteiger partial charge >= 0.3 is 0 Å². The largest absolute Gasteiger partial charge is 0.300 e. The number of carbonyl (C=O) groups is 1. The van der Waals surface area contributed by atoms with Crippen LogP contribution in [0.25, 0.3) is 11.4 Å². The molecule has 0 aliphatic heterocycles. The van der Waals surface area contributed by atoms with Crippen molar-refractivity contribution in [2.75, 3.05) is 5.75 Å². The number of hydrogen-bond acceptors (Lipinski definition) is 4. The monoisotopic (exact) mass is 247 g/mol. The number of aromatic amines is 1. The number of H-pyrrole nitrogens is 1. The first-order valence-electron chi connectivity index (χ1n) is 5.36. The van der Waals surface area contributed by atoms with E-state index in [0.717, 1.165) is 17.1 Å². The number of benzene rings is 1. The summed E-state index contributed by atoms with van der Waals surface area (Å²) in [4.78, 5) is 15.2. The van der Waals surface area contributed by atoms with Gasteiger partial charge in [0, 0.05) is 17.7 Å². The van der Waals surface area contributed by atoms with Crippen LogP contribution >= 0.6 is 11.8 Å². The molecule has 0 radical (unpaired) electrons. The molecule has 0 atom stereocenters. The van der Waals surface area contributed by atoms with Crippen molar-refractivity contribution >= 4 is 17.5 Å². The third-order valence-corrected chi connectivity index (χ3v) is 3.05. The molecule has 0 saturated carbocycles. The molecule has 0 unspecified atom stereocenters. The SMILES string of the molecule is CC(=O)CCSc1n[nH]c(-c2ccccc2)n1. The standard InChI is InChI=1S/C12H13N3OS/c1-9(16)7-8-17-12-13-11(14-15-12)10-5-3-2-4-6-10/h2-6H,7-8H2,1H3,(H,13,14,15). The van der Waals surface area contributed by atoms with Crippen molar-refractivity contribution in [3.63, 3.8) is 0 Å². The van der Waals surface area contributed by atoms with Gasteiger partial charge in [-0.3, -0.25) is 9.89 Å². The van der Waals surface area contributed by atoms with E-state index in [1.165, 1.54) is 11.8 Å². The fraction of sp³-hybridized carbons (Fsp3) is 0.250. The van der Waals surface area contributed by atoms with E-state index in [9.17, 15) is 4.79 Å². The lowest BCUT2D eigenvalue weighted by Crippen LogP contribution is -1.91. The van der Waals surface area contributed by atoms with Gasteiger partial charge in [-0.05, 0) is 6.92 Å². The van der Waals surface area contributed by atoms with Gasteiger partial charge in [-0.2, -0.15) is 0 Å². The second kappa shape index (κ2) is 5.63. The summed E-state index contributed by atoms with van der Waals surface area (Å²) in [5.74, 6) is 1.67. The van der Waals surface area contributed by atoms with E-state index in [0.29, 0.717) is 11.6 Å². The Bertz CT molecular complexity index is 495. The van der Waals surface area contributed by atoms with E-state index < -0.39 is 0 Å². The second-order valence-corrected chi connectivity index (χ2v) is 4.70. The van der Waals surface area contributed by atoms with Gasteiger partial charge in [-0.15, -0.1) is 5.10 Å². The summed E-state index contributed by atoms with van der Waals surface area (Å²) in [6.45, 7) is 1.59. The molecule has 1 heterocycles. The molecule has 2 aromatic rings. The minimum atomic E-state index is 0.191. The number of nitrogens with zero attached hydrogens (tertiary/aromatic N) is 2. The molecule has 0 amide bonds. The summed E-state index contributed by atoms with van der Waals surface area (Å²) >= 11 is 1.49. The number of Topliss-reactive ketones (excluding diaryl/α,β-unsaturated/α-hetero) is 1. The van der Waals surface area contributed by atoms with Gasteiger partial charge in [0.15, 0.2) is 5.82 Å². The molecule has 17 heavy (non-hydrogen) atoms. The fourth-order valence-corrected chi connectivity index (χ4v) is 2.16. The summed E-state index contributed by atoms with van der Waals surface area (Å²) in [5.41, 5.74) is 1.01. The Morgan fingerprint density at radius 1 is 1.35 bits per heavy atom. The molecule has 0 aliphatic rings.